The monoisotopic (exact) mass is 226 g/mol. The number of aromatic nitrogens is 2. The van der Waals surface area contributed by atoms with E-state index in [1.54, 1.807) is 0 Å². The van der Waals surface area contributed by atoms with Gasteiger partial charge in [0.15, 0.2) is 0 Å². The van der Waals surface area contributed by atoms with Gasteiger partial charge in [0.25, 0.3) is 0 Å². The Morgan fingerprint density at radius 2 is 2.06 bits per heavy atom. The molecule has 0 spiro atoms. The molecule has 1 N–H and O–H groups in total. The van der Waals surface area contributed by atoms with Crippen molar-refractivity contribution in [1.82, 2.24) is 9.97 Å². The zero-order chi connectivity index (χ0) is 11.6. The van der Waals surface area contributed by atoms with Crippen LogP contribution in [0.3, 0.4) is 0 Å². The van der Waals surface area contributed by atoms with Crippen LogP contribution < -0.4 is 4.74 Å². The summed E-state index contributed by atoms with van der Waals surface area (Å²) >= 11 is 0. The van der Waals surface area contributed by atoms with E-state index in [-0.39, 0.29) is 6.61 Å². The lowest BCUT2D eigenvalue weighted by atomic mass is 10.4. The highest BCUT2D eigenvalue weighted by Gasteiger charge is 1.97. The van der Waals surface area contributed by atoms with Crippen molar-refractivity contribution in [3.63, 3.8) is 0 Å². The third kappa shape index (κ3) is 5.04. The maximum Gasteiger partial charge on any atom is 0.232 e. The number of rotatable bonds is 8. The van der Waals surface area contributed by atoms with Gasteiger partial charge in [0, 0.05) is 6.61 Å². The molecule has 0 saturated carbocycles. The number of aliphatic hydroxyl groups excluding tert-OH is 1. The number of nitrogens with zero attached hydrogens (tertiary/aromatic N) is 2. The van der Waals surface area contributed by atoms with Crippen LogP contribution >= 0.6 is 0 Å². The van der Waals surface area contributed by atoms with Crippen LogP contribution in [0.25, 0.3) is 0 Å². The van der Waals surface area contributed by atoms with Gasteiger partial charge in [-0.15, -0.1) is 0 Å². The molecule has 0 aromatic carbocycles. The van der Waals surface area contributed by atoms with Crippen LogP contribution in [0.1, 0.15) is 25.5 Å². The Bertz CT molecular complexity index is 277. The Balaban J connectivity index is 2.12. The van der Waals surface area contributed by atoms with Crippen molar-refractivity contribution in [2.45, 2.75) is 26.4 Å². The average Bonchev–Trinajstić information content (AvgIpc) is 2.34. The van der Waals surface area contributed by atoms with E-state index in [4.69, 9.17) is 14.6 Å². The quantitative estimate of drug-likeness (QED) is 0.674. The summed E-state index contributed by atoms with van der Waals surface area (Å²) in [6, 6.07) is 0. The van der Waals surface area contributed by atoms with Crippen molar-refractivity contribution >= 4 is 0 Å². The number of hydrogen-bond donors (Lipinski definition) is 1. The van der Waals surface area contributed by atoms with Gasteiger partial charge in [0.2, 0.25) is 5.88 Å². The summed E-state index contributed by atoms with van der Waals surface area (Å²) in [4.78, 5) is 7.93. The molecule has 5 nitrogen and oxygen atoms in total. The molecule has 16 heavy (non-hydrogen) atoms. The van der Waals surface area contributed by atoms with Crippen LogP contribution in [-0.2, 0) is 11.3 Å². The van der Waals surface area contributed by atoms with E-state index in [1.165, 1.54) is 12.4 Å². The second-order valence-electron chi connectivity index (χ2n) is 3.32. The molecule has 0 atom stereocenters. The Labute approximate surface area is 95.4 Å². The first-order chi connectivity index (χ1) is 7.86. The van der Waals surface area contributed by atoms with Crippen LogP contribution in [0, 0.1) is 0 Å². The third-order valence-corrected chi connectivity index (χ3v) is 1.96. The van der Waals surface area contributed by atoms with Crippen LogP contribution in [0.15, 0.2) is 12.4 Å². The zero-order valence-corrected chi connectivity index (χ0v) is 9.56. The fraction of sp³-hybridized carbons (Fsp3) is 0.636. The maximum absolute atomic E-state index is 8.76. The second-order valence-corrected chi connectivity index (χ2v) is 3.32. The predicted octanol–water partition coefficient (Wildman–Crippen LogP) is 1.16. The standard InChI is InChI=1S/C11H18N2O3/c1-2-3-4-15-5-6-16-11-8-12-10(9-14)7-13-11/h7-8,14H,2-6,9H2,1H3. The summed E-state index contributed by atoms with van der Waals surface area (Å²) < 4.78 is 10.6. The first kappa shape index (κ1) is 12.9. The molecule has 0 aliphatic rings. The molecule has 1 aromatic rings. The molecular formula is C11H18N2O3. The predicted molar refractivity (Wildman–Crippen MR) is 59.2 cm³/mol. The van der Waals surface area contributed by atoms with Crippen LogP contribution in [0.5, 0.6) is 5.88 Å². The fourth-order valence-corrected chi connectivity index (χ4v) is 1.05. The Morgan fingerprint density at radius 1 is 1.19 bits per heavy atom. The molecule has 1 aromatic heterocycles. The number of unbranched alkanes of at least 4 members (excludes halogenated alkanes) is 1. The number of aliphatic hydroxyl groups is 1. The average molecular weight is 226 g/mol. The molecule has 90 valence electrons. The topological polar surface area (TPSA) is 64.5 Å². The summed E-state index contributed by atoms with van der Waals surface area (Å²) in [5, 5.41) is 8.76. The van der Waals surface area contributed by atoms with Gasteiger partial charge in [-0.3, -0.25) is 4.98 Å². The van der Waals surface area contributed by atoms with Crippen LogP contribution in [-0.4, -0.2) is 34.9 Å². The molecular weight excluding hydrogens is 208 g/mol. The van der Waals surface area contributed by atoms with Gasteiger partial charge in [0.05, 0.1) is 31.3 Å². The van der Waals surface area contributed by atoms with Gasteiger partial charge in [-0.05, 0) is 6.42 Å². The molecule has 0 amide bonds. The van der Waals surface area contributed by atoms with E-state index in [9.17, 15) is 0 Å². The zero-order valence-electron chi connectivity index (χ0n) is 9.56. The normalized spacial score (nSPS) is 10.4. The Kier molecular flexibility index (Phi) is 6.44. The highest BCUT2D eigenvalue weighted by molar-refractivity contribution is 5.06. The minimum Gasteiger partial charge on any atom is -0.474 e. The molecule has 0 saturated heterocycles. The van der Waals surface area contributed by atoms with Gasteiger partial charge in [-0.1, -0.05) is 13.3 Å². The molecule has 0 unspecified atom stereocenters. The van der Waals surface area contributed by atoms with Crippen LogP contribution in [0.4, 0.5) is 0 Å². The van der Waals surface area contributed by atoms with Crippen molar-refractivity contribution in [3.8, 4) is 5.88 Å². The van der Waals surface area contributed by atoms with Crippen molar-refractivity contribution < 1.29 is 14.6 Å². The lowest BCUT2D eigenvalue weighted by molar-refractivity contribution is 0.0963. The Morgan fingerprint density at radius 3 is 2.69 bits per heavy atom. The van der Waals surface area contributed by atoms with E-state index in [0.717, 1.165) is 19.4 Å². The van der Waals surface area contributed by atoms with Crippen LogP contribution in [0.2, 0.25) is 0 Å². The Hall–Kier alpha value is -1.20. The molecule has 1 heterocycles. The molecule has 5 heteroatoms. The van der Waals surface area contributed by atoms with Crippen molar-refractivity contribution in [2.75, 3.05) is 19.8 Å². The van der Waals surface area contributed by atoms with Crippen molar-refractivity contribution in [3.05, 3.63) is 18.1 Å². The van der Waals surface area contributed by atoms with Crippen molar-refractivity contribution in [2.24, 2.45) is 0 Å². The number of hydrogen-bond acceptors (Lipinski definition) is 5. The lowest BCUT2D eigenvalue weighted by Crippen LogP contribution is -2.08. The van der Waals surface area contributed by atoms with E-state index in [0.29, 0.717) is 24.8 Å². The van der Waals surface area contributed by atoms with E-state index >= 15 is 0 Å². The summed E-state index contributed by atoms with van der Waals surface area (Å²) in [6.45, 7) is 3.82. The molecule has 0 bridgehead atoms. The third-order valence-electron chi connectivity index (χ3n) is 1.96. The SMILES string of the molecule is CCCCOCCOc1cnc(CO)cn1. The molecule has 1 rings (SSSR count). The van der Waals surface area contributed by atoms with Gasteiger partial charge < -0.3 is 14.6 Å². The minimum atomic E-state index is -0.104. The van der Waals surface area contributed by atoms with E-state index < -0.39 is 0 Å². The molecule has 0 aliphatic heterocycles. The largest absolute Gasteiger partial charge is 0.474 e. The summed E-state index contributed by atoms with van der Waals surface area (Å²) in [6.07, 6.45) is 5.20. The van der Waals surface area contributed by atoms with Gasteiger partial charge in [-0.2, -0.15) is 0 Å². The van der Waals surface area contributed by atoms with Gasteiger partial charge >= 0.3 is 0 Å². The summed E-state index contributed by atoms with van der Waals surface area (Å²) in [5.41, 5.74) is 0.534. The van der Waals surface area contributed by atoms with Gasteiger partial charge in [-0.25, -0.2) is 4.98 Å². The number of ether oxygens (including phenoxy) is 2. The highest BCUT2D eigenvalue weighted by Crippen LogP contribution is 2.03. The fourth-order valence-electron chi connectivity index (χ4n) is 1.05. The molecule has 0 aliphatic carbocycles. The molecule has 0 radical (unpaired) electrons. The lowest BCUT2D eigenvalue weighted by Gasteiger charge is -2.05. The summed E-state index contributed by atoms with van der Waals surface area (Å²) in [7, 11) is 0. The van der Waals surface area contributed by atoms with Crippen molar-refractivity contribution in [1.29, 1.82) is 0 Å². The first-order valence-electron chi connectivity index (χ1n) is 5.49. The maximum atomic E-state index is 8.76. The minimum absolute atomic E-state index is 0.104. The smallest absolute Gasteiger partial charge is 0.232 e. The highest BCUT2D eigenvalue weighted by atomic mass is 16.5. The van der Waals surface area contributed by atoms with E-state index in [1.807, 2.05) is 0 Å². The molecule has 0 fully saturated rings. The van der Waals surface area contributed by atoms with Gasteiger partial charge in [0.1, 0.15) is 6.61 Å². The first-order valence-corrected chi connectivity index (χ1v) is 5.49. The summed E-state index contributed by atoms with van der Waals surface area (Å²) in [5.74, 6) is 0.455. The van der Waals surface area contributed by atoms with E-state index in [2.05, 4.69) is 16.9 Å². The second kappa shape index (κ2) is 8.01.